The molecule has 0 spiro atoms. The van der Waals surface area contributed by atoms with E-state index in [0.29, 0.717) is 24.0 Å². The van der Waals surface area contributed by atoms with Crippen molar-refractivity contribution in [1.82, 2.24) is 10.2 Å². The van der Waals surface area contributed by atoms with Crippen molar-refractivity contribution >= 4 is 5.96 Å². The molecule has 28 heavy (non-hydrogen) atoms. The second-order valence-electron chi connectivity index (χ2n) is 6.64. The SMILES string of the molecule is NC(=NCc1ccc(Oc2ccc(F)cc2)cc1)NCCCN1CCOCC1. The molecular weight excluding hydrogens is 359 g/mol. The van der Waals surface area contributed by atoms with Crippen molar-refractivity contribution in [2.45, 2.75) is 13.0 Å². The van der Waals surface area contributed by atoms with Crippen molar-refractivity contribution in [3.8, 4) is 11.5 Å². The number of nitrogens with zero attached hydrogens (tertiary/aromatic N) is 2. The molecule has 0 aliphatic carbocycles. The first-order valence-corrected chi connectivity index (χ1v) is 9.55. The molecule has 0 atom stereocenters. The molecule has 1 aliphatic heterocycles. The molecule has 3 rings (SSSR count). The first-order chi connectivity index (χ1) is 13.7. The fourth-order valence-electron chi connectivity index (χ4n) is 2.88. The van der Waals surface area contributed by atoms with Crippen LogP contribution in [0.4, 0.5) is 4.39 Å². The Morgan fingerprint density at radius 3 is 2.39 bits per heavy atom. The van der Waals surface area contributed by atoms with Gasteiger partial charge in [0.1, 0.15) is 17.3 Å². The smallest absolute Gasteiger partial charge is 0.188 e. The molecule has 1 saturated heterocycles. The van der Waals surface area contributed by atoms with Crippen LogP contribution in [0.1, 0.15) is 12.0 Å². The van der Waals surface area contributed by atoms with Crippen molar-refractivity contribution in [3.63, 3.8) is 0 Å². The zero-order valence-electron chi connectivity index (χ0n) is 15.9. The lowest BCUT2D eigenvalue weighted by Crippen LogP contribution is -2.39. The average Bonchev–Trinajstić information content (AvgIpc) is 2.73. The van der Waals surface area contributed by atoms with E-state index in [9.17, 15) is 4.39 Å². The molecule has 0 radical (unpaired) electrons. The highest BCUT2D eigenvalue weighted by Crippen LogP contribution is 2.22. The number of aliphatic imine (C=N–C) groups is 1. The summed E-state index contributed by atoms with van der Waals surface area (Å²) in [5.74, 6) is 1.45. The van der Waals surface area contributed by atoms with Crippen LogP contribution in [0.25, 0.3) is 0 Å². The fourth-order valence-corrected chi connectivity index (χ4v) is 2.88. The van der Waals surface area contributed by atoms with E-state index in [4.69, 9.17) is 15.2 Å². The second-order valence-corrected chi connectivity index (χ2v) is 6.64. The number of halogens is 1. The van der Waals surface area contributed by atoms with Crippen LogP contribution in [0, 0.1) is 5.82 Å². The molecule has 2 aromatic carbocycles. The van der Waals surface area contributed by atoms with Gasteiger partial charge in [-0.15, -0.1) is 0 Å². The van der Waals surface area contributed by atoms with E-state index >= 15 is 0 Å². The molecule has 6 nitrogen and oxygen atoms in total. The number of guanidine groups is 1. The topological polar surface area (TPSA) is 72.1 Å². The van der Waals surface area contributed by atoms with Crippen LogP contribution in [0.15, 0.2) is 53.5 Å². The van der Waals surface area contributed by atoms with E-state index in [1.54, 1.807) is 12.1 Å². The highest BCUT2D eigenvalue weighted by molar-refractivity contribution is 5.77. The molecule has 0 saturated carbocycles. The van der Waals surface area contributed by atoms with E-state index in [1.807, 2.05) is 24.3 Å². The summed E-state index contributed by atoms with van der Waals surface area (Å²) in [7, 11) is 0. The molecule has 3 N–H and O–H groups in total. The third kappa shape index (κ3) is 6.83. The summed E-state index contributed by atoms with van der Waals surface area (Å²) in [6.07, 6.45) is 1.02. The van der Waals surface area contributed by atoms with Gasteiger partial charge in [0.15, 0.2) is 5.96 Å². The maximum Gasteiger partial charge on any atom is 0.188 e. The molecule has 0 amide bonds. The summed E-state index contributed by atoms with van der Waals surface area (Å²) < 4.78 is 23.9. The summed E-state index contributed by atoms with van der Waals surface area (Å²) in [5, 5.41) is 3.16. The number of benzene rings is 2. The van der Waals surface area contributed by atoms with Gasteiger partial charge >= 0.3 is 0 Å². The van der Waals surface area contributed by atoms with Gasteiger partial charge < -0.3 is 20.5 Å². The molecule has 150 valence electrons. The fraction of sp³-hybridized carbons (Fsp3) is 0.381. The lowest BCUT2D eigenvalue weighted by molar-refractivity contribution is 0.0376. The van der Waals surface area contributed by atoms with E-state index < -0.39 is 0 Å². The van der Waals surface area contributed by atoms with Gasteiger partial charge in [0.25, 0.3) is 0 Å². The van der Waals surface area contributed by atoms with Gasteiger partial charge in [-0.25, -0.2) is 9.38 Å². The van der Waals surface area contributed by atoms with E-state index in [-0.39, 0.29) is 5.82 Å². The number of hydrogen-bond acceptors (Lipinski definition) is 4. The van der Waals surface area contributed by atoms with Crippen LogP contribution in [0.3, 0.4) is 0 Å². The Labute approximate surface area is 165 Å². The molecular formula is C21H27FN4O2. The summed E-state index contributed by atoms with van der Waals surface area (Å²) in [6.45, 7) is 6.00. The molecule has 1 heterocycles. The first-order valence-electron chi connectivity index (χ1n) is 9.55. The van der Waals surface area contributed by atoms with Crippen LogP contribution in [-0.2, 0) is 11.3 Å². The zero-order chi connectivity index (χ0) is 19.6. The molecule has 0 bridgehead atoms. The zero-order valence-corrected chi connectivity index (χ0v) is 15.9. The van der Waals surface area contributed by atoms with Gasteiger partial charge in [0, 0.05) is 19.6 Å². The molecule has 0 aromatic heterocycles. The normalized spacial score (nSPS) is 15.4. The average molecular weight is 386 g/mol. The maximum atomic E-state index is 12.9. The minimum atomic E-state index is -0.284. The van der Waals surface area contributed by atoms with Crippen LogP contribution in [-0.4, -0.2) is 50.3 Å². The van der Waals surface area contributed by atoms with Crippen molar-refractivity contribution in [2.75, 3.05) is 39.4 Å². The third-order valence-corrected chi connectivity index (χ3v) is 4.47. The van der Waals surface area contributed by atoms with Gasteiger partial charge in [-0.05, 0) is 54.9 Å². The lowest BCUT2D eigenvalue weighted by atomic mass is 10.2. The van der Waals surface area contributed by atoms with E-state index in [2.05, 4.69) is 15.2 Å². The van der Waals surface area contributed by atoms with Gasteiger partial charge in [0.2, 0.25) is 0 Å². The highest BCUT2D eigenvalue weighted by atomic mass is 19.1. The Hall–Kier alpha value is -2.64. The third-order valence-electron chi connectivity index (χ3n) is 4.47. The lowest BCUT2D eigenvalue weighted by Gasteiger charge is -2.26. The van der Waals surface area contributed by atoms with Crippen LogP contribution in [0.5, 0.6) is 11.5 Å². The van der Waals surface area contributed by atoms with E-state index in [0.717, 1.165) is 51.4 Å². The Balaban J connectivity index is 1.37. The number of morpholine rings is 1. The molecule has 7 heteroatoms. The van der Waals surface area contributed by atoms with Crippen molar-refractivity contribution < 1.29 is 13.9 Å². The van der Waals surface area contributed by atoms with Crippen molar-refractivity contribution in [1.29, 1.82) is 0 Å². The predicted octanol–water partition coefficient (Wildman–Crippen LogP) is 2.74. The van der Waals surface area contributed by atoms with Crippen LogP contribution < -0.4 is 15.8 Å². The second kappa shape index (κ2) is 10.6. The number of nitrogens with two attached hydrogens (primary N) is 1. The molecule has 1 aliphatic rings. The summed E-state index contributed by atoms with van der Waals surface area (Å²) in [5.41, 5.74) is 6.97. The Morgan fingerprint density at radius 2 is 1.71 bits per heavy atom. The Bertz CT molecular complexity index is 744. The van der Waals surface area contributed by atoms with Gasteiger partial charge in [-0.1, -0.05) is 12.1 Å². The number of rotatable bonds is 8. The van der Waals surface area contributed by atoms with Gasteiger partial charge in [-0.2, -0.15) is 0 Å². The molecule has 0 unspecified atom stereocenters. The first kappa shape index (κ1) is 20.1. The molecule has 2 aromatic rings. The van der Waals surface area contributed by atoms with E-state index in [1.165, 1.54) is 12.1 Å². The van der Waals surface area contributed by atoms with Crippen LogP contribution >= 0.6 is 0 Å². The number of nitrogens with one attached hydrogen (secondary N) is 1. The van der Waals surface area contributed by atoms with Gasteiger partial charge in [0.05, 0.1) is 19.8 Å². The number of ether oxygens (including phenoxy) is 2. The monoisotopic (exact) mass is 386 g/mol. The Kier molecular flexibility index (Phi) is 7.63. The van der Waals surface area contributed by atoms with Crippen molar-refractivity contribution in [2.24, 2.45) is 10.7 Å². The Morgan fingerprint density at radius 1 is 1.07 bits per heavy atom. The highest BCUT2D eigenvalue weighted by Gasteiger charge is 2.09. The van der Waals surface area contributed by atoms with Crippen LogP contribution in [0.2, 0.25) is 0 Å². The summed E-state index contributed by atoms with van der Waals surface area (Å²) >= 11 is 0. The maximum absolute atomic E-state index is 12.9. The largest absolute Gasteiger partial charge is 0.457 e. The number of hydrogen-bond donors (Lipinski definition) is 2. The van der Waals surface area contributed by atoms with Gasteiger partial charge in [-0.3, -0.25) is 4.90 Å². The minimum absolute atomic E-state index is 0.284. The molecule has 1 fully saturated rings. The summed E-state index contributed by atoms with van der Waals surface area (Å²) in [4.78, 5) is 6.77. The van der Waals surface area contributed by atoms with Crippen molar-refractivity contribution in [3.05, 3.63) is 59.9 Å². The standard InChI is InChI=1S/C21H27FN4O2/c22-18-4-8-20(9-5-18)28-19-6-2-17(3-7-19)16-25-21(23)24-10-1-11-26-12-14-27-15-13-26/h2-9H,1,10-16H2,(H3,23,24,25). The summed E-state index contributed by atoms with van der Waals surface area (Å²) in [6, 6.07) is 13.5. The predicted molar refractivity (Wildman–Crippen MR) is 108 cm³/mol. The quantitative estimate of drug-likeness (QED) is 0.415. The minimum Gasteiger partial charge on any atom is -0.457 e.